The molecule has 0 saturated heterocycles. The summed E-state index contributed by atoms with van der Waals surface area (Å²) < 4.78 is 0.805. The number of nitrogen functional groups attached to an aromatic ring is 1. The van der Waals surface area contributed by atoms with Crippen LogP contribution in [0.1, 0.15) is 0 Å². The predicted molar refractivity (Wildman–Crippen MR) is 46.3 cm³/mol. The SMILES string of the molecule is N=c1ccc(N)c2ncn(O)cc1-2. The molecule has 0 radical (unpaired) electrons. The number of benzene rings is 1. The molecule has 0 aromatic heterocycles. The first-order valence-electron chi connectivity index (χ1n) is 3.69. The third-order valence-electron chi connectivity index (χ3n) is 1.81. The molecular formula is C8H8N4O. The zero-order valence-electron chi connectivity index (χ0n) is 6.73. The third kappa shape index (κ3) is 1.10. The van der Waals surface area contributed by atoms with Crippen LogP contribution in [0.4, 0.5) is 5.69 Å². The van der Waals surface area contributed by atoms with Crippen LogP contribution in [0.3, 0.4) is 0 Å². The highest BCUT2D eigenvalue weighted by molar-refractivity contribution is 5.72. The van der Waals surface area contributed by atoms with Crippen LogP contribution in [0.15, 0.2) is 24.7 Å². The van der Waals surface area contributed by atoms with E-state index in [1.807, 2.05) is 0 Å². The summed E-state index contributed by atoms with van der Waals surface area (Å²) in [5.41, 5.74) is 7.22. The predicted octanol–water partition coefficient (Wildman–Crippen LogP) is 0.287. The minimum atomic E-state index is 0.292. The number of aromatic nitrogens is 2. The molecule has 0 aromatic rings. The molecule has 2 rings (SSSR count). The molecule has 0 atom stereocenters. The van der Waals surface area contributed by atoms with Crippen LogP contribution < -0.4 is 11.1 Å². The Bertz CT molecular complexity index is 476. The fraction of sp³-hybridized carbons (Fsp3) is 0. The fourth-order valence-electron chi connectivity index (χ4n) is 1.18. The maximum atomic E-state index is 9.08. The van der Waals surface area contributed by atoms with E-state index in [-0.39, 0.29) is 0 Å². The average molecular weight is 176 g/mol. The Morgan fingerprint density at radius 2 is 2.23 bits per heavy atom. The van der Waals surface area contributed by atoms with Gasteiger partial charge < -0.3 is 16.4 Å². The topological polar surface area (TPSA) is 87.9 Å². The first-order valence-corrected chi connectivity index (χ1v) is 3.69. The number of nitrogens with zero attached hydrogens (tertiary/aromatic N) is 2. The van der Waals surface area contributed by atoms with E-state index in [0.717, 1.165) is 4.73 Å². The van der Waals surface area contributed by atoms with Crippen LogP contribution in [-0.4, -0.2) is 14.9 Å². The van der Waals surface area contributed by atoms with E-state index in [4.69, 9.17) is 16.4 Å². The summed E-state index contributed by atoms with van der Waals surface area (Å²) in [5.74, 6) is 0. The van der Waals surface area contributed by atoms with Gasteiger partial charge in [-0.3, -0.25) is 0 Å². The highest BCUT2D eigenvalue weighted by Crippen LogP contribution is 2.19. The van der Waals surface area contributed by atoms with Gasteiger partial charge in [-0.15, -0.1) is 0 Å². The van der Waals surface area contributed by atoms with Gasteiger partial charge in [-0.25, -0.2) is 4.98 Å². The van der Waals surface area contributed by atoms with Crippen LogP contribution in [0, 0.1) is 5.41 Å². The highest BCUT2D eigenvalue weighted by atomic mass is 16.5. The Morgan fingerprint density at radius 3 is 3.00 bits per heavy atom. The second kappa shape index (κ2) is 2.48. The largest absolute Gasteiger partial charge is 0.428 e. The molecule has 0 saturated carbocycles. The Kier molecular flexibility index (Phi) is 1.45. The van der Waals surface area contributed by atoms with Gasteiger partial charge in [-0.05, 0) is 12.1 Å². The molecule has 13 heavy (non-hydrogen) atoms. The molecule has 1 aliphatic heterocycles. The van der Waals surface area contributed by atoms with Gasteiger partial charge in [-0.1, -0.05) is 0 Å². The highest BCUT2D eigenvalue weighted by Gasteiger charge is 2.08. The van der Waals surface area contributed by atoms with Crippen LogP contribution in [-0.2, 0) is 0 Å². The number of rotatable bonds is 0. The molecule has 0 spiro atoms. The van der Waals surface area contributed by atoms with Crippen molar-refractivity contribution in [3.63, 3.8) is 0 Å². The average Bonchev–Trinajstić information content (AvgIpc) is 2.12. The lowest BCUT2D eigenvalue weighted by atomic mass is 10.1. The van der Waals surface area contributed by atoms with Crippen molar-refractivity contribution in [2.75, 3.05) is 5.73 Å². The van der Waals surface area contributed by atoms with E-state index in [2.05, 4.69) is 4.98 Å². The van der Waals surface area contributed by atoms with Gasteiger partial charge in [0.25, 0.3) is 0 Å². The lowest BCUT2D eigenvalue weighted by molar-refractivity contribution is 0.181. The monoisotopic (exact) mass is 176 g/mol. The number of hydrogen-bond donors (Lipinski definition) is 3. The summed E-state index contributed by atoms with van der Waals surface area (Å²) in [6.45, 7) is 0. The summed E-state index contributed by atoms with van der Waals surface area (Å²) in [4.78, 5) is 3.91. The molecule has 0 aromatic carbocycles. The minimum absolute atomic E-state index is 0.292. The van der Waals surface area contributed by atoms with Crippen molar-refractivity contribution in [3.05, 3.63) is 30.0 Å². The van der Waals surface area contributed by atoms with E-state index in [1.165, 1.54) is 12.5 Å². The lowest BCUT2D eigenvalue weighted by Gasteiger charge is -2.07. The number of anilines is 1. The molecule has 5 heteroatoms. The second-order valence-electron chi connectivity index (χ2n) is 2.72. The summed E-state index contributed by atoms with van der Waals surface area (Å²) in [6.07, 6.45) is 2.64. The Labute approximate surface area is 73.9 Å². The van der Waals surface area contributed by atoms with Gasteiger partial charge in [0.1, 0.15) is 6.33 Å². The fourth-order valence-corrected chi connectivity index (χ4v) is 1.18. The van der Waals surface area contributed by atoms with Crippen molar-refractivity contribution in [1.82, 2.24) is 9.71 Å². The summed E-state index contributed by atoms with van der Waals surface area (Å²) in [6, 6.07) is 3.19. The Balaban J connectivity index is 2.91. The van der Waals surface area contributed by atoms with Crippen molar-refractivity contribution in [3.8, 4) is 11.3 Å². The van der Waals surface area contributed by atoms with Gasteiger partial charge in [0, 0.05) is 5.56 Å². The number of nitrogens with one attached hydrogen (secondary N) is 1. The summed E-state index contributed by atoms with van der Waals surface area (Å²) in [7, 11) is 0. The molecule has 66 valence electrons. The smallest absolute Gasteiger partial charge is 0.132 e. The normalized spacial score (nSPS) is 10.5. The van der Waals surface area contributed by atoms with Crippen LogP contribution in [0.25, 0.3) is 11.3 Å². The zero-order chi connectivity index (χ0) is 9.42. The van der Waals surface area contributed by atoms with Crippen molar-refractivity contribution >= 4 is 5.69 Å². The lowest BCUT2D eigenvalue weighted by Crippen LogP contribution is -2.11. The standard InChI is InChI=1S/C8H8N4O/c9-6-1-2-7(10)8-5(6)3-12(13)4-11-8/h1-4,9,13H,10H2. The molecule has 0 unspecified atom stereocenters. The van der Waals surface area contributed by atoms with E-state index in [0.29, 0.717) is 22.3 Å². The van der Waals surface area contributed by atoms with E-state index < -0.39 is 0 Å². The quantitative estimate of drug-likeness (QED) is 0.398. The summed E-state index contributed by atoms with van der Waals surface area (Å²) in [5, 5.41) is 16.9. The molecule has 1 heterocycles. The van der Waals surface area contributed by atoms with Gasteiger partial charge in [0.15, 0.2) is 0 Å². The van der Waals surface area contributed by atoms with E-state index in [1.54, 1.807) is 12.1 Å². The second-order valence-corrected chi connectivity index (χ2v) is 2.72. The van der Waals surface area contributed by atoms with Gasteiger partial charge in [0.05, 0.1) is 22.9 Å². The molecule has 0 fully saturated rings. The molecule has 0 amide bonds. The summed E-state index contributed by atoms with van der Waals surface area (Å²) >= 11 is 0. The van der Waals surface area contributed by atoms with E-state index >= 15 is 0 Å². The zero-order valence-corrected chi connectivity index (χ0v) is 6.73. The Hall–Kier alpha value is -2.04. The molecular weight excluding hydrogens is 168 g/mol. The Morgan fingerprint density at radius 1 is 1.46 bits per heavy atom. The maximum Gasteiger partial charge on any atom is 0.132 e. The van der Waals surface area contributed by atoms with Gasteiger partial charge >= 0.3 is 0 Å². The van der Waals surface area contributed by atoms with Crippen molar-refractivity contribution < 1.29 is 5.21 Å². The molecule has 0 bridgehead atoms. The molecule has 2 aliphatic rings. The molecule has 4 N–H and O–H groups in total. The van der Waals surface area contributed by atoms with Gasteiger partial charge in [-0.2, -0.15) is 4.73 Å². The van der Waals surface area contributed by atoms with Crippen LogP contribution in [0.2, 0.25) is 0 Å². The van der Waals surface area contributed by atoms with Crippen molar-refractivity contribution in [2.45, 2.75) is 0 Å². The number of nitrogens with two attached hydrogens (primary N) is 1. The number of hydrogen-bond acceptors (Lipinski definition) is 4. The molecule has 1 aliphatic carbocycles. The molecule has 5 nitrogen and oxygen atoms in total. The van der Waals surface area contributed by atoms with Crippen molar-refractivity contribution in [2.24, 2.45) is 0 Å². The van der Waals surface area contributed by atoms with Crippen molar-refractivity contribution in [1.29, 1.82) is 5.41 Å². The van der Waals surface area contributed by atoms with E-state index in [9.17, 15) is 0 Å². The first-order chi connectivity index (χ1) is 6.18. The van der Waals surface area contributed by atoms with Crippen LogP contribution in [0.5, 0.6) is 0 Å². The first kappa shape index (κ1) is 7.60. The number of fused-ring (bicyclic) bond motifs is 1. The van der Waals surface area contributed by atoms with Crippen LogP contribution >= 0.6 is 0 Å². The minimum Gasteiger partial charge on any atom is -0.428 e. The van der Waals surface area contributed by atoms with Gasteiger partial charge in [0.2, 0.25) is 0 Å². The maximum absolute atomic E-state index is 9.08. The third-order valence-corrected chi connectivity index (χ3v) is 1.81.